The summed E-state index contributed by atoms with van der Waals surface area (Å²) in [7, 11) is 0. The van der Waals surface area contributed by atoms with Crippen LogP contribution in [-0.2, 0) is 19.1 Å². The molecule has 0 radical (unpaired) electrons. The second kappa shape index (κ2) is 10.3. The third-order valence-corrected chi connectivity index (χ3v) is 5.36. The molecule has 1 heterocycles. The third-order valence-electron chi connectivity index (χ3n) is 4.26. The van der Waals surface area contributed by atoms with E-state index in [0.29, 0.717) is 38.3 Å². The van der Waals surface area contributed by atoms with Gasteiger partial charge in [0.25, 0.3) is 0 Å². The fourth-order valence-corrected chi connectivity index (χ4v) is 3.89. The standard InChI is InChI=1S/C19H25FN2O4S/c1-3-26-19(25)14-5-4-10-22(11-14)18(24)17(21-13(2)23)12-27-16-8-6-15(20)7-9-16/h6-9,14,17H,3-5,10-12H2,1-2H3,(H,21,23). The van der Waals surface area contributed by atoms with Crippen molar-refractivity contribution in [3.8, 4) is 0 Å². The van der Waals surface area contributed by atoms with Crippen LogP contribution >= 0.6 is 11.8 Å². The van der Waals surface area contributed by atoms with E-state index in [1.165, 1.54) is 30.8 Å². The molecule has 2 amide bonds. The number of thioether (sulfide) groups is 1. The van der Waals surface area contributed by atoms with E-state index in [-0.39, 0.29) is 29.5 Å². The van der Waals surface area contributed by atoms with Crippen molar-refractivity contribution in [3.63, 3.8) is 0 Å². The summed E-state index contributed by atoms with van der Waals surface area (Å²) in [5.74, 6) is -1.13. The molecule has 0 spiro atoms. The number of amides is 2. The Bertz CT molecular complexity index is 668. The van der Waals surface area contributed by atoms with Crippen LogP contribution in [0.25, 0.3) is 0 Å². The first-order valence-corrected chi connectivity index (χ1v) is 10.00. The summed E-state index contributed by atoms with van der Waals surface area (Å²) in [6.07, 6.45) is 1.41. The van der Waals surface area contributed by atoms with Crippen molar-refractivity contribution in [2.45, 2.75) is 37.6 Å². The number of nitrogens with one attached hydrogen (secondary N) is 1. The summed E-state index contributed by atoms with van der Waals surface area (Å²) < 4.78 is 18.1. The van der Waals surface area contributed by atoms with E-state index >= 15 is 0 Å². The number of likely N-dealkylation sites (tertiary alicyclic amines) is 1. The SMILES string of the molecule is CCOC(=O)C1CCCN(C(=O)C(CSc2ccc(F)cc2)NC(C)=O)C1. The maximum atomic E-state index is 13.0. The van der Waals surface area contributed by atoms with Crippen LogP contribution < -0.4 is 5.32 Å². The Kier molecular flexibility index (Phi) is 8.09. The number of halogens is 1. The zero-order chi connectivity index (χ0) is 19.8. The monoisotopic (exact) mass is 396 g/mol. The first kappa shape index (κ1) is 21.2. The smallest absolute Gasteiger partial charge is 0.310 e. The second-order valence-corrected chi connectivity index (χ2v) is 7.49. The Labute approximate surface area is 162 Å². The summed E-state index contributed by atoms with van der Waals surface area (Å²) in [4.78, 5) is 38.9. The van der Waals surface area contributed by atoms with Crippen LogP contribution in [0.15, 0.2) is 29.2 Å². The minimum absolute atomic E-state index is 0.214. The molecule has 1 aromatic rings. The largest absolute Gasteiger partial charge is 0.466 e. The number of carbonyl (C=O) groups excluding carboxylic acids is 3. The Morgan fingerprint density at radius 1 is 1.33 bits per heavy atom. The minimum atomic E-state index is -0.710. The van der Waals surface area contributed by atoms with Gasteiger partial charge >= 0.3 is 5.97 Å². The Hall–Kier alpha value is -2.09. The molecule has 27 heavy (non-hydrogen) atoms. The Morgan fingerprint density at radius 2 is 2.04 bits per heavy atom. The van der Waals surface area contributed by atoms with Crippen LogP contribution in [0, 0.1) is 11.7 Å². The van der Waals surface area contributed by atoms with Gasteiger partial charge in [-0.05, 0) is 44.0 Å². The molecule has 2 rings (SSSR count). The number of nitrogens with zero attached hydrogens (tertiary/aromatic N) is 1. The van der Waals surface area contributed by atoms with Crippen molar-refractivity contribution in [1.82, 2.24) is 10.2 Å². The number of hydrogen-bond donors (Lipinski definition) is 1. The molecule has 1 aliphatic rings. The molecule has 1 aromatic carbocycles. The zero-order valence-corrected chi connectivity index (χ0v) is 16.4. The highest BCUT2D eigenvalue weighted by Crippen LogP contribution is 2.22. The van der Waals surface area contributed by atoms with E-state index in [4.69, 9.17) is 4.74 Å². The van der Waals surface area contributed by atoms with Crippen molar-refractivity contribution in [2.75, 3.05) is 25.4 Å². The first-order valence-electron chi connectivity index (χ1n) is 9.01. The van der Waals surface area contributed by atoms with Crippen LogP contribution in [0.3, 0.4) is 0 Å². The van der Waals surface area contributed by atoms with E-state index < -0.39 is 6.04 Å². The third kappa shape index (κ3) is 6.53. The molecular weight excluding hydrogens is 371 g/mol. The molecular formula is C19H25FN2O4S. The number of rotatable bonds is 7. The van der Waals surface area contributed by atoms with E-state index in [2.05, 4.69) is 5.32 Å². The highest BCUT2D eigenvalue weighted by Gasteiger charge is 2.32. The van der Waals surface area contributed by atoms with Gasteiger partial charge in [-0.25, -0.2) is 4.39 Å². The predicted octanol–water partition coefficient (Wildman–Crippen LogP) is 2.22. The molecule has 2 unspecified atom stereocenters. The number of ether oxygens (including phenoxy) is 1. The summed E-state index contributed by atoms with van der Waals surface area (Å²) >= 11 is 1.37. The van der Waals surface area contributed by atoms with Crippen molar-refractivity contribution < 1.29 is 23.5 Å². The highest BCUT2D eigenvalue weighted by molar-refractivity contribution is 7.99. The number of hydrogen-bond acceptors (Lipinski definition) is 5. The topological polar surface area (TPSA) is 75.7 Å². The fourth-order valence-electron chi connectivity index (χ4n) is 2.98. The molecule has 0 aliphatic carbocycles. The Balaban J connectivity index is 2.01. The van der Waals surface area contributed by atoms with Crippen LogP contribution in [0.5, 0.6) is 0 Å². The number of carbonyl (C=O) groups is 3. The molecule has 148 valence electrons. The summed E-state index contributed by atoms with van der Waals surface area (Å²) in [6, 6.07) is 5.26. The summed E-state index contributed by atoms with van der Waals surface area (Å²) in [6.45, 7) is 4.27. The van der Waals surface area contributed by atoms with Gasteiger partial charge in [-0.3, -0.25) is 14.4 Å². The lowest BCUT2D eigenvalue weighted by Gasteiger charge is -2.34. The van der Waals surface area contributed by atoms with Gasteiger partial charge in [0.15, 0.2) is 0 Å². The lowest BCUT2D eigenvalue weighted by atomic mass is 9.97. The summed E-state index contributed by atoms with van der Waals surface area (Å²) in [5.41, 5.74) is 0. The van der Waals surface area contributed by atoms with Gasteiger partial charge in [0.1, 0.15) is 11.9 Å². The van der Waals surface area contributed by atoms with Gasteiger partial charge in [0, 0.05) is 30.7 Å². The van der Waals surface area contributed by atoms with Crippen LogP contribution in [0.2, 0.25) is 0 Å². The zero-order valence-electron chi connectivity index (χ0n) is 15.6. The Morgan fingerprint density at radius 3 is 2.67 bits per heavy atom. The lowest BCUT2D eigenvalue weighted by Crippen LogP contribution is -2.52. The second-order valence-electron chi connectivity index (χ2n) is 6.39. The molecule has 1 aliphatic heterocycles. The van der Waals surface area contributed by atoms with Crippen molar-refractivity contribution in [3.05, 3.63) is 30.1 Å². The van der Waals surface area contributed by atoms with Crippen LogP contribution in [0.1, 0.15) is 26.7 Å². The van der Waals surface area contributed by atoms with Gasteiger partial charge < -0.3 is 15.0 Å². The molecule has 6 nitrogen and oxygen atoms in total. The number of esters is 1. The van der Waals surface area contributed by atoms with Crippen molar-refractivity contribution in [1.29, 1.82) is 0 Å². The molecule has 1 saturated heterocycles. The normalized spacial score (nSPS) is 17.9. The maximum absolute atomic E-state index is 13.0. The van der Waals surface area contributed by atoms with Gasteiger partial charge in [-0.1, -0.05) is 0 Å². The molecule has 0 aromatic heterocycles. The molecule has 1 fully saturated rings. The fraction of sp³-hybridized carbons (Fsp3) is 0.526. The van der Waals surface area contributed by atoms with Crippen LogP contribution in [0.4, 0.5) is 4.39 Å². The van der Waals surface area contributed by atoms with E-state index in [1.807, 2.05) is 0 Å². The average molecular weight is 396 g/mol. The van der Waals surface area contributed by atoms with E-state index in [9.17, 15) is 18.8 Å². The number of piperidine rings is 1. The van der Waals surface area contributed by atoms with E-state index in [0.717, 1.165) is 4.90 Å². The first-order chi connectivity index (χ1) is 12.9. The highest BCUT2D eigenvalue weighted by atomic mass is 32.2. The molecule has 0 bridgehead atoms. The quantitative estimate of drug-likeness (QED) is 0.565. The molecule has 0 saturated carbocycles. The van der Waals surface area contributed by atoms with Gasteiger partial charge in [-0.2, -0.15) is 0 Å². The van der Waals surface area contributed by atoms with Crippen molar-refractivity contribution >= 4 is 29.5 Å². The summed E-state index contributed by atoms with van der Waals surface area (Å²) in [5, 5.41) is 2.69. The van der Waals surface area contributed by atoms with Gasteiger partial charge in [0.05, 0.1) is 12.5 Å². The average Bonchev–Trinajstić information content (AvgIpc) is 2.66. The van der Waals surface area contributed by atoms with Gasteiger partial charge in [0.2, 0.25) is 11.8 Å². The number of benzene rings is 1. The minimum Gasteiger partial charge on any atom is -0.466 e. The molecule has 8 heteroatoms. The maximum Gasteiger partial charge on any atom is 0.310 e. The van der Waals surface area contributed by atoms with E-state index in [1.54, 1.807) is 24.0 Å². The molecule has 2 atom stereocenters. The molecule has 1 N–H and O–H groups in total. The van der Waals surface area contributed by atoms with Crippen molar-refractivity contribution in [2.24, 2.45) is 5.92 Å². The lowest BCUT2D eigenvalue weighted by molar-refractivity contribution is -0.151. The predicted molar refractivity (Wildman–Crippen MR) is 101 cm³/mol. The van der Waals surface area contributed by atoms with Crippen LogP contribution in [-0.4, -0.2) is 54.2 Å². The van der Waals surface area contributed by atoms with Gasteiger partial charge in [-0.15, -0.1) is 11.8 Å².